The number of hydrogen-bond donors (Lipinski definition) is 0. The molecule has 0 fully saturated rings. The number of rotatable bonds is 6. The van der Waals surface area contributed by atoms with Gasteiger partial charge in [-0.1, -0.05) is 23.7 Å². The lowest BCUT2D eigenvalue weighted by Gasteiger charge is -2.13. The van der Waals surface area contributed by atoms with Crippen LogP contribution in [0.2, 0.25) is 5.02 Å². The summed E-state index contributed by atoms with van der Waals surface area (Å²) in [6.45, 7) is 2.09. The molecule has 0 saturated heterocycles. The highest BCUT2D eigenvalue weighted by Gasteiger charge is 2.14. The zero-order valence-corrected chi connectivity index (χ0v) is 13.2. The van der Waals surface area contributed by atoms with Gasteiger partial charge in [0.25, 0.3) is 0 Å². The summed E-state index contributed by atoms with van der Waals surface area (Å²) in [5, 5.41) is 0.699. The van der Waals surface area contributed by atoms with Crippen molar-refractivity contribution in [1.29, 1.82) is 0 Å². The van der Waals surface area contributed by atoms with E-state index in [1.54, 1.807) is 31.2 Å². The first-order chi connectivity index (χ1) is 10.6. The van der Waals surface area contributed by atoms with Crippen molar-refractivity contribution < 1.29 is 19.0 Å². The summed E-state index contributed by atoms with van der Waals surface area (Å²) in [6, 6.07) is 14.5. The number of carbonyl (C=O) groups is 1. The Hall–Kier alpha value is -2.20. The fourth-order valence-electron chi connectivity index (χ4n) is 1.78. The smallest absolute Gasteiger partial charge is 0.346 e. The summed E-state index contributed by atoms with van der Waals surface area (Å²) < 4.78 is 15.7. The summed E-state index contributed by atoms with van der Waals surface area (Å²) in [5.74, 6) is 0.882. The number of ether oxygens (including phenoxy) is 3. The van der Waals surface area contributed by atoms with Crippen LogP contribution >= 0.6 is 11.6 Å². The fourth-order valence-corrected chi connectivity index (χ4v) is 1.91. The largest absolute Gasteiger partial charge is 0.489 e. The minimum absolute atomic E-state index is 0.414. The lowest BCUT2D eigenvalue weighted by atomic mass is 10.2. The van der Waals surface area contributed by atoms with Gasteiger partial charge in [0.1, 0.15) is 18.1 Å². The van der Waals surface area contributed by atoms with E-state index >= 15 is 0 Å². The standard InChI is InChI=1S/C17H17ClO4/c1-12(17(19)20-2)22-16-9-7-15(8-10-16)21-11-13-3-5-14(18)6-4-13/h3-10,12H,11H2,1-2H3. The third-order valence-corrected chi connectivity index (χ3v) is 3.24. The second-order valence-corrected chi connectivity index (χ2v) is 5.11. The van der Waals surface area contributed by atoms with Crippen LogP contribution in [0.25, 0.3) is 0 Å². The molecule has 0 aromatic heterocycles. The average Bonchev–Trinajstić information content (AvgIpc) is 2.55. The summed E-state index contributed by atoms with van der Waals surface area (Å²) in [4.78, 5) is 11.3. The van der Waals surface area contributed by atoms with Gasteiger partial charge in [-0.05, 0) is 48.9 Å². The van der Waals surface area contributed by atoms with Crippen molar-refractivity contribution in [2.75, 3.05) is 7.11 Å². The molecule has 4 nitrogen and oxygen atoms in total. The molecule has 0 spiro atoms. The second kappa shape index (κ2) is 7.71. The number of benzene rings is 2. The minimum atomic E-state index is -0.647. The monoisotopic (exact) mass is 320 g/mol. The van der Waals surface area contributed by atoms with Crippen molar-refractivity contribution in [3.8, 4) is 11.5 Å². The number of carbonyl (C=O) groups excluding carboxylic acids is 1. The van der Waals surface area contributed by atoms with Gasteiger partial charge in [0.05, 0.1) is 7.11 Å². The Morgan fingerprint density at radius 2 is 1.64 bits per heavy atom. The molecule has 116 valence electrons. The minimum Gasteiger partial charge on any atom is -0.489 e. The molecule has 0 radical (unpaired) electrons. The SMILES string of the molecule is COC(=O)C(C)Oc1ccc(OCc2ccc(Cl)cc2)cc1. The summed E-state index contributed by atoms with van der Waals surface area (Å²) in [5.41, 5.74) is 1.03. The Balaban J connectivity index is 1.89. The van der Waals surface area contributed by atoms with Gasteiger partial charge in [-0.25, -0.2) is 4.79 Å². The van der Waals surface area contributed by atoms with Crippen LogP contribution in [0, 0.1) is 0 Å². The first-order valence-corrected chi connectivity index (χ1v) is 7.18. The van der Waals surface area contributed by atoms with Crippen molar-refractivity contribution in [3.05, 3.63) is 59.1 Å². The highest BCUT2D eigenvalue weighted by atomic mass is 35.5. The van der Waals surface area contributed by atoms with E-state index in [0.29, 0.717) is 23.1 Å². The van der Waals surface area contributed by atoms with E-state index in [1.807, 2.05) is 24.3 Å². The van der Waals surface area contributed by atoms with Crippen molar-refractivity contribution >= 4 is 17.6 Å². The van der Waals surface area contributed by atoms with Gasteiger partial charge >= 0.3 is 5.97 Å². The van der Waals surface area contributed by atoms with Crippen molar-refractivity contribution in [1.82, 2.24) is 0 Å². The predicted octanol–water partition coefficient (Wildman–Crippen LogP) is 3.86. The van der Waals surface area contributed by atoms with E-state index in [-0.39, 0.29) is 0 Å². The van der Waals surface area contributed by atoms with E-state index in [2.05, 4.69) is 4.74 Å². The molecule has 1 unspecified atom stereocenters. The highest BCUT2D eigenvalue weighted by Crippen LogP contribution is 2.20. The molecule has 2 aromatic rings. The molecular weight excluding hydrogens is 304 g/mol. The van der Waals surface area contributed by atoms with Gasteiger partial charge in [-0.3, -0.25) is 0 Å². The van der Waals surface area contributed by atoms with Crippen LogP contribution in [0.5, 0.6) is 11.5 Å². The number of methoxy groups -OCH3 is 1. The van der Waals surface area contributed by atoms with Gasteiger partial charge in [0.2, 0.25) is 0 Å². The molecule has 0 aliphatic heterocycles. The van der Waals surface area contributed by atoms with E-state index in [9.17, 15) is 4.79 Å². The molecule has 2 rings (SSSR count). The van der Waals surface area contributed by atoms with Crippen LogP contribution in [0.1, 0.15) is 12.5 Å². The van der Waals surface area contributed by atoms with Crippen LogP contribution in [0.4, 0.5) is 0 Å². The highest BCUT2D eigenvalue weighted by molar-refractivity contribution is 6.30. The summed E-state index contributed by atoms with van der Waals surface area (Å²) in [7, 11) is 1.33. The second-order valence-electron chi connectivity index (χ2n) is 4.67. The van der Waals surface area contributed by atoms with Crippen LogP contribution < -0.4 is 9.47 Å². The van der Waals surface area contributed by atoms with Crippen molar-refractivity contribution in [2.45, 2.75) is 19.6 Å². The quantitative estimate of drug-likeness (QED) is 0.758. The number of halogens is 1. The summed E-state index contributed by atoms with van der Waals surface area (Å²) in [6.07, 6.45) is -0.647. The maximum atomic E-state index is 11.3. The molecule has 0 heterocycles. The first kappa shape index (κ1) is 16.2. The van der Waals surface area contributed by atoms with Gasteiger partial charge in [-0.15, -0.1) is 0 Å². The fraction of sp³-hybridized carbons (Fsp3) is 0.235. The summed E-state index contributed by atoms with van der Waals surface area (Å²) >= 11 is 5.83. The Morgan fingerprint density at radius 3 is 2.23 bits per heavy atom. The van der Waals surface area contributed by atoms with E-state index in [4.69, 9.17) is 21.1 Å². The lowest BCUT2D eigenvalue weighted by molar-refractivity contribution is -0.147. The Bertz CT molecular complexity index is 608. The molecule has 0 saturated carbocycles. The topological polar surface area (TPSA) is 44.8 Å². The van der Waals surface area contributed by atoms with E-state index in [1.165, 1.54) is 7.11 Å². The normalized spacial score (nSPS) is 11.6. The molecule has 22 heavy (non-hydrogen) atoms. The molecule has 5 heteroatoms. The Kier molecular flexibility index (Phi) is 5.67. The van der Waals surface area contributed by atoms with Gasteiger partial charge < -0.3 is 14.2 Å². The zero-order valence-electron chi connectivity index (χ0n) is 12.4. The maximum Gasteiger partial charge on any atom is 0.346 e. The molecule has 0 N–H and O–H groups in total. The van der Waals surface area contributed by atoms with Crippen LogP contribution in [-0.4, -0.2) is 19.2 Å². The van der Waals surface area contributed by atoms with Crippen molar-refractivity contribution in [2.24, 2.45) is 0 Å². The Labute approximate surface area is 134 Å². The van der Waals surface area contributed by atoms with Gasteiger partial charge in [0, 0.05) is 5.02 Å². The molecule has 1 atom stereocenters. The molecule has 0 bridgehead atoms. The maximum absolute atomic E-state index is 11.3. The zero-order chi connectivity index (χ0) is 15.9. The molecular formula is C17H17ClO4. The van der Waals surface area contributed by atoms with E-state index in [0.717, 1.165) is 5.56 Å². The Morgan fingerprint density at radius 1 is 1.05 bits per heavy atom. The van der Waals surface area contributed by atoms with Crippen molar-refractivity contribution in [3.63, 3.8) is 0 Å². The predicted molar refractivity (Wildman–Crippen MR) is 84.3 cm³/mol. The third-order valence-electron chi connectivity index (χ3n) is 2.99. The number of hydrogen-bond acceptors (Lipinski definition) is 4. The molecule has 0 amide bonds. The third kappa shape index (κ3) is 4.67. The van der Waals surface area contributed by atoms with Gasteiger partial charge in [-0.2, -0.15) is 0 Å². The molecule has 2 aromatic carbocycles. The van der Waals surface area contributed by atoms with Crippen LogP contribution in [0.15, 0.2) is 48.5 Å². The van der Waals surface area contributed by atoms with Crippen LogP contribution in [0.3, 0.4) is 0 Å². The average molecular weight is 321 g/mol. The molecule has 0 aliphatic rings. The first-order valence-electron chi connectivity index (χ1n) is 6.80. The van der Waals surface area contributed by atoms with Gasteiger partial charge in [0.15, 0.2) is 6.10 Å². The van der Waals surface area contributed by atoms with E-state index < -0.39 is 12.1 Å². The lowest BCUT2D eigenvalue weighted by Crippen LogP contribution is -2.24. The van der Waals surface area contributed by atoms with Crippen LogP contribution in [-0.2, 0) is 16.1 Å². The number of esters is 1. The molecule has 0 aliphatic carbocycles.